The lowest BCUT2D eigenvalue weighted by Crippen LogP contribution is -2.12. The van der Waals surface area contributed by atoms with Gasteiger partial charge < -0.3 is 5.11 Å². The molecule has 0 aliphatic carbocycles. The molecule has 2 heterocycles. The van der Waals surface area contributed by atoms with Gasteiger partial charge >= 0.3 is 0 Å². The maximum absolute atomic E-state index is 9.91. The van der Waals surface area contributed by atoms with Crippen LogP contribution in [0, 0.1) is 0 Å². The van der Waals surface area contributed by atoms with Crippen molar-refractivity contribution < 1.29 is 5.11 Å². The third kappa shape index (κ3) is 3.14. The minimum absolute atomic E-state index is 0.279. The van der Waals surface area contributed by atoms with E-state index < -0.39 is 0 Å². The highest BCUT2D eigenvalue weighted by Crippen LogP contribution is 2.25. The SMILES string of the molecule is OC(Cc1cccs1)Cc1sccc1Br. The number of aliphatic hydroxyl groups is 1. The molecular weight excluding hydrogens is 292 g/mol. The van der Waals surface area contributed by atoms with E-state index in [2.05, 4.69) is 22.0 Å². The molecule has 0 amide bonds. The Morgan fingerprint density at radius 3 is 2.67 bits per heavy atom. The lowest BCUT2D eigenvalue weighted by Gasteiger charge is -2.07. The Bertz CT molecular complexity index is 408. The minimum Gasteiger partial charge on any atom is -0.392 e. The third-order valence-corrected chi connectivity index (χ3v) is 4.98. The van der Waals surface area contributed by atoms with E-state index in [4.69, 9.17) is 0 Å². The lowest BCUT2D eigenvalue weighted by molar-refractivity contribution is 0.177. The first kappa shape index (κ1) is 11.3. The van der Waals surface area contributed by atoms with Gasteiger partial charge in [0.25, 0.3) is 0 Å². The number of halogens is 1. The van der Waals surface area contributed by atoms with Crippen molar-refractivity contribution in [3.63, 3.8) is 0 Å². The van der Waals surface area contributed by atoms with Crippen molar-refractivity contribution in [2.45, 2.75) is 18.9 Å². The molecule has 2 rings (SSSR count). The molecule has 0 aliphatic heterocycles. The largest absolute Gasteiger partial charge is 0.392 e. The highest BCUT2D eigenvalue weighted by molar-refractivity contribution is 9.10. The van der Waals surface area contributed by atoms with E-state index in [-0.39, 0.29) is 6.10 Å². The topological polar surface area (TPSA) is 20.2 Å². The fourth-order valence-corrected chi connectivity index (χ4v) is 3.78. The second kappa shape index (κ2) is 5.25. The molecule has 0 fully saturated rings. The van der Waals surface area contributed by atoms with Crippen molar-refractivity contribution in [1.29, 1.82) is 0 Å². The van der Waals surface area contributed by atoms with Gasteiger partial charge in [0.2, 0.25) is 0 Å². The summed E-state index contributed by atoms with van der Waals surface area (Å²) in [6.45, 7) is 0. The van der Waals surface area contributed by atoms with Crippen LogP contribution in [0.4, 0.5) is 0 Å². The number of thiophene rings is 2. The van der Waals surface area contributed by atoms with Crippen LogP contribution >= 0.6 is 38.6 Å². The Balaban J connectivity index is 1.93. The van der Waals surface area contributed by atoms with Crippen LogP contribution in [0.3, 0.4) is 0 Å². The summed E-state index contributed by atoms with van der Waals surface area (Å²) < 4.78 is 1.11. The highest BCUT2D eigenvalue weighted by Gasteiger charge is 2.10. The summed E-state index contributed by atoms with van der Waals surface area (Å²) in [4.78, 5) is 2.47. The Labute approximate surface area is 106 Å². The van der Waals surface area contributed by atoms with Crippen LogP contribution in [-0.4, -0.2) is 11.2 Å². The molecule has 0 saturated heterocycles. The summed E-state index contributed by atoms with van der Waals surface area (Å²) in [6, 6.07) is 6.11. The Kier molecular flexibility index (Phi) is 3.97. The van der Waals surface area contributed by atoms with Crippen LogP contribution in [0.15, 0.2) is 33.4 Å². The van der Waals surface area contributed by atoms with E-state index in [1.54, 1.807) is 22.7 Å². The van der Waals surface area contributed by atoms with Crippen LogP contribution in [0.25, 0.3) is 0 Å². The fraction of sp³-hybridized carbons (Fsp3) is 0.273. The monoisotopic (exact) mass is 302 g/mol. The predicted molar refractivity (Wildman–Crippen MR) is 69.8 cm³/mol. The third-order valence-electron chi connectivity index (χ3n) is 2.13. The molecular formula is C11H11BrOS2. The second-order valence-electron chi connectivity index (χ2n) is 3.33. The van der Waals surface area contributed by atoms with Crippen molar-refractivity contribution in [3.05, 3.63) is 43.2 Å². The van der Waals surface area contributed by atoms with Gasteiger partial charge in [-0.1, -0.05) is 6.07 Å². The molecule has 1 unspecified atom stereocenters. The molecule has 1 N–H and O–H groups in total. The van der Waals surface area contributed by atoms with E-state index in [0.717, 1.165) is 17.3 Å². The van der Waals surface area contributed by atoms with Gasteiger partial charge in [-0.2, -0.15) is 0 Å². The summed E-state index contributed by atoms with van der Waals surface area (Å²) in [5, 5.41) is 14.0. The zero-order valence-corrected chi connectivity index (χ0v) is 11.2. The summed E-state index contributed by atoms with van der Waals surface area (Å²) in [7, 11) is 0. The molecule has 0 saturated carbocycles. The van der Waals surface area contributed by atoms with E-state index >= 15 is 0 Å². The summed E-state index contributed by atoms with van der Waals surface area (Å²) in [5.41, 5.74) is 0. The van der Waals surface area contributed by atoms with E-state index in [1.165, 1.54) is 9.75 Å². The zero-order chi connectivity index (χ0) is 10.7. The van der Waals surface area contributed by atoms with Crippen LogP contribution < -0.4 is 0 Å². The van der Waals surface area contributed by atoms with Gasteiger partial charge in [0.1, 0.15) is 0 Å². The molecule has 0 aliphatic rings. The molecule has 1 atom stereocenters. The van der Waals surface area contributed by atoms with Gasteiger partial charge in [-0.15, -0.1) is 22.7 Å². The van der Waals surface area contributed by atoms with Crippen LogP contribution in [0.2, 0.25) is 0 Å². The molecule has 80 valence electrons. The standard InChI is InChI=1S/C11H11BrOS2/c12-10-3-5-15-11(10)7-8(13)6-9-2-1-4-14-9/h1-5,8,13H,6-7H2. The molecule has 0 bridgehead atoms. The average Bonchev–Trinajstić information content (AvgIpc) is 2.79. The predicted octanol–water partition coefficient (Wildman–Crippen LogP) is 3.72. The number of aliphatic hydroxyl groups excluding tert-OH is 1. The fourth-order valence-electron chi connectivity index (χ4n) is 1.42. The van der Waals surface area contributed by atoms with Gasteiger partial charge in [-0.3, -0.25) is 0 Å². The first-order chi connectivity index (χ1) is 7.25. The van der Waals surface area contributed by atoms with Gasteiger partial charge in [0.15, 0.2) is 0 Å². The van der Waals surface area contributed by atoms with Crippen molar-refractivity contribution in [2.75, 3.05) is 0 Å². The highest BCUT2D eigenvalue weighted by atomic mass is 79.9. The molecule has 4 heteroatoms. The van der Waals surface area contributed by atoms with E-state index in [1.807, 2.05) is 22.9 Å². The Morgan fingerprint density at radius 1 is 1.20 bits per heavy atom. The van der Waals surface area contributed by atoms with Crippen LogP contribution in [-0.2, 0) is 12.8 Å². The Hall–Kier alpha value is -0.160. The molecule has 0 aromatic carbocycles. The maximum Gasteiger partial charge on any atom is 0.0637 e. The normalized spacial score (nSPS) is 12.9. The van der Waals surface area contributed by atoms with E-state index in [0.29, 0.717) is 0 Å². The first-order valence-corrected chi connectivity index (χ1v) is 7.23. The molecule has 1 nitrogen and oxygen atoms in total. The smallest absolute Gasteiger partial charge is 0.0637 e. The number of rotatable bonds is 4. The lowest BCUT2D eigenvalue weighted by atomic mass is 10.1. The minimum atomic E-state index is -0.279. The molecule has 0 spiro atoms. The van der Waals surface area contributed by atoms with E-state index in [9.17, 15) is 5.11 Å². The van der Waals surface area contributed by atoms with Crippen molar-refractivity contribution in [2.24, 2.45) is 0 Å². The van der Waals surface area contributed by atoms with Crippen LogP contribution in [0.5, 0.6) is 0 Å². The van der Waals surface area contributed by atoms with Gasteiger partial charge in [-0.05, 0) is 38.8 Å². The maximum atomic E-state index is 9.91. The quantitative estimate of drug-likeness (QED) is 0.913. The summed E-state index contributed by atoms with van der Waals surface area (Å²) in [6.07, 6.45) is 1.21. The molecule has 0 radical (unpaired) electrons. The van der Waals surface area contributed by atoms with Crippen molar-refractivity contribution in [1.82, 2.24) is 0 Å². The molecule has 2 aromatic heterocycles. The van der Waals surface area contributed by atoms with Crippen molar-refractivity contribution >= 4 is 38.6 Å². The summed E-state index contributed by atoms with van der Waals surface area (Å²) >= 11 is 6.86. The number of hydrogen-bond donors (Lipinski definition) is 1. The second-order valence-corrected chi connectivity index (χ2v) is 6.22. The molecule has 15 heavy (non-hydrogen) atoms. The average molecular weight is 303 g/mol. The van der Waals surface area contributed by atoms with Crippen molar-refractivity contribution in [3.8, 4) is 0 Å². The first-order valence-electron chi connectivity index (χ1n) is 4.68. The van der Waals surface area contributed by atoms with Gasteiger partial charge in [0.05, 0.1) is 6.10 Å². The van der Waals surface area contributed by atoms with Crippen LogP contribution in [0.1, 0.15) is 9.75 Å². The van der Waals surface area contributed by atoms with Gasteiger partial charge in [-0.25, -0.2) is 0 Å². The Morgan fingerprint density at radius 2 is 2.07 bits per heavy atom. The zero-order valence-electron chi connectivity index (χ0n) is 8.02. The number of hydrogen-bond acceptors (Lipinski definition) is 3. The van der Waals surface area contributed by atoms with Gasteiger partial charge in [0, 0.05) is 27.1 Å². The summed E-state index contributed by atoms with van der Waals surface area (Å²) in [5.74, 6) is 0. The molecule has 2 aromatic rings.